The lowest BCUT2D eigenvalue weighted by molar-refractivity contribution is -0.384. The second-order valence-corrected chi connectivity index (χ2v) is 5.53. The van der Waals surface area contributed by atoms with Crippen LogP contribution in [0.25, 0.3) is 0 Å². The molecule has 9 nitrogen and oxygen atoms in total. The average Bonchev–Trinajstić information content (AvgIpc) is 2.46. The molecular weight excluding hydrogens is 312 g/mol. The molecular formula is C12H12N4O5S. The van der Waals surface area contributed by atoms with Gasteiger partial charge in [-0.1, -0.05) is 11.8 Å². The number of carbonyl (C=O) groups excluding carboxylic acids is 2. The predicted octanol–water partition coefficient (Wildman–Crippen LogP) is 1.10. The fraction of sp³-hybridized carbons (Fsp3) is 0.250. The Balaban J connectivity index is 2.20. The maximum absolute atomic E-state index is 12.2. The van der Waals surface area contributed by atoms with E-state index in [2.05, 4.69) is 10.6 Å². The van der Waals surface area contributed by atoms with Crippen molar-refractivity contribution in [3.63, 3.8) is 0 Å². The number of nitrogens with one attached hydrogen (secondary N) is 3. The van der Waals surface area contributed by atoms with Gasteiger partial charge in [0.15, 0.2) is 5.17 Å². The molecule has 10 heteroatoms. The third-order valence-corrected chi connectivity index (χ3v) is 3.83. The van der Waals surface area contributed by atoms with Gasteiger partial charge in [0.1, 0.15) is 11.0 Å². The van der Waals surface area contributed by atoms with Gasteiger partial charge in [-0.3, -0.25) is 25.1 Å². The molecule has 1 aromatic rings. The van der Waals surface area contributed by atoms with Crippen molar-refractivity contribution in [3.05, 3.63) is 28.3 Å². The van der Waals surface area contributed by atoms with Gasteiger partial charge >= 0.3 is 0 Å². The molecule has 3 N–H and O–H groups in total. The highest BCUT2D eigenvalue weighted by Crippen LogP contribution is 2.30. The van der Waals surface area contributed by atoms with Crippen LogP contribution in [-0.2, 0) is 9.59 Å². The monoisotopic (exact) mass is 324 g/mol. The summed E-state index contributed by atoms with van der Waals surface area (Å²) >= 11 is 0.906. The predicted molar refractivity (Wildman–Crippen MR) is 80.1 cm³/mol. The molecule has 0 aliphatic carbocycles. The zero-order chi connectivity index (χ0) is 16.3. The van der Waals surface area contributed by atoms with Gasteiger partial charge in [0.2, 0.25) is 11.8 Å². The minimum atomic E-state index is -0.773. The molecule has 0 bridgehead atoms. The molecule has 0 radical (unpaired) electrons. The maximum Gasteiger partial charge on any atom is 0.271 e. The standard InChI is InChI=1S/C12H12N4O5S/c1-21-8-3-2-6(16(19)20)4-7(8)14-11(18)9-5-10(17)15-12(13)22-9/h2-4,9H,5H2,1H3,(H,14,18)(H2,13,15,17). The van der Waals surface area contributed by atoms with E-state index in [1.807, 2.05) is 0 Å². The SMILES string of the molecule is COc1ccc([N+](=O)[O-])cc1NC(=O)C1CC(=O)NC(=N)S1. The number of rotatable bonds is 4. The van der Waals surface area contributed by atoms with Crippen molar-refractivity contribution in [1.82, 2.24) is 5.32 Å². The average molecular weight is 324 g/mol. The number of thioether (sulfide) groups is 1. The van der Waals surface area contributed by atoms with Crippen molar-refractivity contribution in [2.75, 3.05) is 12.4 Å². The number of nitro benzene ring substituents is 1. The summed E-state index contributed by atoms with van der Waals surface area (Å²) in [5.74, 6) is -0.683. The van der Waals surface area contributed by atoms with Crippen LogP contribution in [0.1, 0.15) is 6.42 Å². The number of amides is 2. The second kappa shape index (κ2) is 6.43. The maximum atomic E-state index is 12.2. The summed E-state index contributed by atoms with van der Waals surface area (Å²) < 4.78 is 5.04. The Hall–Kier alpha value is -2.62. The summed E-state index contributed by atoms with van der Waals surface area (Å²) in [4.78, 5) is 33.7. The highest BCUT2D eigenvalue weighted by Gasteiger charge is 2.30. The van der Waals surface area contributed by atoms with Gasteiger partial charge in [0.05, 0.1) is 17.7 Å². The summed E-state index contributed by atoms with van der Waals surface area (Å²) in [5.41, 5.74) is -0.0577. The first kappa shape index (κ1) is 15.8. The third kappa shape index (κ3) is 3.52. The summed E-state index contributed by atoms with van der Waals surface area (Å²) in [5, 5.41) is 22.1. The van der Waals surface area contributed by atoms with Crippen molar-refractivity contribution in [1.29, 1.82) is 5.41 Å². The number of amidine groups is 1. The smallest absolute Gasteiger partial charge is 0.271 e. The van der Waals surface area contributed by atoms with Crippen LogP contribution < -0.4 is 15.4 Å². The van der Waals surface area contributed by atoms with E-state index in [1.165, 1.54) is 25.3 Å². The van der Waals surface area contributed by atoms with Crippen molar-refractivity contribution < 1.29 is 19.2 Å². The number of anilines is 1. The van der Waals surface area contributed by atoms with Gasteiger partial charge in [-0.05, 0) is 6.07 Å². The Kier molecular flexibility index (Phi) is 4.61. The van der Waals surface area contributed by atoms with Gasteiger partial charge in [-0.25, -0.2) is 0 Å². The summed E-state index contributed by atoms with van der Waals surface area (Å²) in [7, 11) is 1.37. The number of hydrogen-bond acceptors (Lipinski definition) is 7. The first-order valence-corrected chi connectivity index (χ1v) is 6.97. The van der Waals surface area contributed by atoms with Gasteiger partial charge in [0, 0.05) is 18.6 Å². The Morgan fingerprint density at radius 2 is 2.32 bits per heavy atom. The molecule has 22 heavy (non-hydrogen) atoms. The lowest BCUT2D eigenvalue weighted by Crippen LogP contribution is -2.41. The van der Waals surface area contributed by atoms with Crippen LogP contribution in [0.2, 0.25) is 0 Å². The number of carbonyl (C=O) groups is 2. The summed E-state index contributed by atoms with van der Waals surface area (Å²) in [6, 6.07) is 3.80. The first-order valence-electron chi connectivity index (χ1n) is 6.09. The van der Waals surface area contributed by atoms with Crippen LogP contribution in [-0.4, -0.2) is 34.3 Å². The van der Waals surface area contributed by atoms with E-state index >= 15 is 0 Å². The molecule has 1 unspecified atom stereocenters. The number of methoxy groups -OCH3 is 1. The number of benzene rings is 1. The molecule has 1 saturated heterocycles. The molecule has 2 amide bonds. The fourth-order valence-corrected chi connectivity index (χ4v) is 2.68. The van der Waals surface area contributed by atoms with Crippen LogP contribution in [0, 0.1) is 15.5 Å². The van der Waals surface area contributed by atoms with Crippen molar-refractivity contribution in [2.24, 2.45) is 0 Å². The number of nitrogens with zero attached hydrogens (tertiary/aromatic N) is 1. The Morgan fingerprint density at radius 3 is 2.91 bits per heavy atom. The topological polar surface area (TPSA) is 134 Å². The quantitative estimate of drug-likeness (QED) is 0.560. The summed E-state index contributed by atoms with van der Waals surface area (Å²) in [6.45, 7) is 0. The molecule has 2 rings (SSSR count). The van der Waals surface area contributed by atoms with Gasteiger partial charge in [-0.2, -0.15) is 0 Å². The molecule has 1 aromatic carbocycles. The first-order chi connectivity index (χ1) is 10.4. The molecule has 1 atom stereocenters. The van der Waals surface area contributed by atoms with Crippen LogP contribution in [0.15, 0.2) is 18.2 Å². The van der Waals surface area contributed by atoms with Gasteiger partial charge in [-0.15, -0.1) is 0 Å². The molecule has 1 fully saturated rings. The van der Waals surface area contributed by atoms with Crippen molar-refractivity contribution in [3.8, 4) is 5.75 Å². The van der Waals surface area contributed by atoms with E-state index in [-0.39, 0.29) is 28.7 Å². The van der Waals surface area contributed by atoms with E-state index in [0.717, 1.165) is 11.8 Å². The zero-order valence-electron chi connectivity index (χ0n) is 11.4. The Labute approximate surface area is 129 Å². The summed E-state index contributed by atoms with van der Waals surface area (Å²) in [6.07, 6.45) is -0.0733. The lowest BCUT2D eigenvalue weighted by atomic mass is 10.2. The van der Waals surface area contributed by atoms with Crippen LogP contribution in [0.3, 0.4) is 0 Å². The van der Waals surface area contributed by atoms with Crippen molar-refractivity contribution in [2.45, 2.75) is 11.7 Å². The van der Waals surface area contributed by atoms with Crippen LogP contribution in [0.4, 0.5) is 11.4 Å². The molecule has 1 heterocycles. The van der Waals surface area contributed by atoms with E-state index in [9.17, 15) is 19.7 Å². The lowest BCUT2D eigenvalue weighted by Gasteiger charge is -2.21. The zero-order valence-corrected chi connectivity index (χ0v) is 12.2. The molecule has 1 aliphatic rings. The highest BCUT2D eigenvalue weighted by molar-refractivity contribution is 8.15. The molecule has 0 aromatic heterocycles. The largest absolute Gasteiger partial charge is 0.495 e. The number of hydrogen-bond donors (Lipinski definition) is 3. The van der Waals surface area contributed by atoms with Crippen LogP contribution >= 0.6 is 11.8 Å². The molecule has 116 valence electrons. The Morgan fingerprint density at radius 1 is 1.59 bits per heavy atom. The second-order valence-electron chi connectivity index (χ2n) is 4.32. The van der Waals surface area contributed by atoms with E-state index in [0.29, 0.717) is 0 Å². The number of non-ortho nitro benzene ring substituents is 1. The van der Waals surface area contributed by atoms with Gasteiger partial charge < -0.3 is 15.4 Å². The van der Waals surface area contributed by atoms with E-state index in [1.54, 1.807) is 0 Å². The minimum absolute atomic E-state index is 0.0733. The Bertz CT molecular complexity index is 647. The highest BCUT2D eigenvalue weighted by atomic mass is 32.2. The molecule has 1 aliphatic heterocycles. The van der Waals surface area contributed by atoms with Crippen molar-refractivity contribution >= 4 is 40.1 Å². The fourth-order valence-electron chi connectivity index (χ4n) is 1.83. The number of ether oxygens (including phenoxy) is 1. The molecule has 0 spiro atoms. The third-order valence-electron chi connectivity index (χ3n) is 2.83. The number of nitro groups is 1. The van der Waals surface area contributed by atoms with Gasteiger partial charge in [0.25, 0.3) is 5.69 Å². The molecule has 0 saturated carbocycles. The minimum Gasteiger partial charge on any atom is -0.495 e. The van der Waals surface area contributed by atoms with Crippen LogP contribution in [0.5, 0.6) is 5.75 Å². The van der Waals surface area contributed by atoms with E-state index < -0.39 is 22.0 Å². The van der Waals surface area contributed by atoms with E-state index in [4.69, 9.17) is 10.1 Å². The normalized spacial score (nSPS) is 17.6.